The topological polar surface area (TPSA) is 49.8 Å². The summed E-state index contributed by atoms with van der Waals surface area (Å²) in [6.07, 6.45) is 2.45. The van der Waals surface area contributed by atoms with Crippen LogP contribution in [0.25, 0.3) is 0 Å². The molecule has 102 valence electrons. The molecule has 4 nitrogen and oxygen atoms in total. The number of ether oxygens (including phenoxy) is 1. The molecule has 0 radical (unpaired) electrons. The molecule has 17 heavy (non-hydrogen) atoms. The Morgan fingerprint density at radius 2 is 1.94 bits per heavy atom. The first-order valence-corrected chi connectivity index (χ1v) is 6.53. The molecule has 0 heterocycles. The average molecular weight is 245 g/mol. The fourth-order valence-electron chi connectivity index (χ4n) is 1.91. The monoisotopic (exact) mass is 245 g/mol. The maximum Gasteiger partial charge on any atom is 0.222 e. The summed E-state index contributed by atoms with van der Waals surface area (Å²) < 4.78 is 5.04. The number of carbonyl (C=O) groups is 1. The minimum Gasteiger partial charge on any atom is -0.393 e. The van der Waals surface area contributed by atoms with Gasteiger partial charge in [0.2, 0.25) is 5.91 Å². The molecule has 0 aliphatic heterocycles. The van der Waals surface area contributed by atoms with E-state index in [4.69, 9.17) is 4.74 Å². The van der Waals surface area contributed by atoms with Crippen molar-refractivity contribution in [2.75, 3.05) is 20.3 Å². The highest BCUT2D eigenvalue weighted by atomic mass is 16.5. The van der Waals surface area contributed by atoms with Crippen molar-refractivity contribution in [3.8, 4) is 0 Å². The van der Waals surface area contributed by atoms with Crippen LogP contribution in [0.5, 0.6) is 0 Å². The third kappa shape index (κ3) is 6.64. The predicted molar refractivity (Wildman–Crippen MR) is 68.9 cm³/mol. The van der Waals surface area contributed by atoms with Crippen molar-refractivity contribution in [3.05, 3.63) is 0 Å². The fraction of sp³-hybridized carbons (Fsp3) is 0.923. The average Bonchev–Trinajstić information content (AvgIpc) is 2.31. The van der Waals surface area contributed by atoms with E-state index in [1.165, 1.54) is 0 Å². The summed E-state index contributed by atoms with van der Waals surface area (Å²) in [5.41, 5.74) is 0. The normalized spacial score (nSPS) is 12.8. The van der Waals surface area contributed by atoms with Gasteiger partial charge in [-0.2, -0.15) is 0 Å². The Balaban J connectivity index is 4.37. The molecule has 1 unspecified atom stereocenters. The zero-order valence-corrected chi connectivity index (χ0v) is 11.6. The van der Waals surface area contributed by atoms with E-state index in [0.717, 1.165) is 12.8 Å². The van der Waals surface area contributed by atoms with E-state index in [1.807, 2.05) is 4.90 Å². The Hall–Kier alpha value is -0.610. The molecule has 0 aliphatic carbocycles. The number of methoxy groups -OCH3 is 1. The molecule has 0 aromatic rings. The highest BCUT2D eigenvalue weighted by Gasteiger charge is 2.20. The molecule has 1 N–H and O–H groups in total. The summed E-state index contributed by atoms with van der Waals surface area (Å²) in [4.78, 5) is 14.0. The summed E-state index contributed by atoms with van der Waals surface area (Å²) in [5, 5.41) is 9.22. The van der Waals surface area contributed by atoms with Crippen LogP contribution in [0.1, 0.15) is 46.5 Å². The first-order chi connectivity index (χ1) is 8.06. The molecular weight excluding hydrogens is 218 g/mol. The van der Waals surface area contributed by atoms with Crippen molar-refractivity contribution in [1.82, 2.24) is 4.90 Å². The predicted octanol–water partition coefficient (Wildman–Crippen LogP) is 1.81. The Morgan fingerprint density at radius 3 is 2.35 bits per heavy atom. The van der Waals surface area contributed by atoms with Crippen molar-refractivity contribution >= 4 is 5.91 Å². The molecule has 0 rings (SSSR count). The first-order valence-electron chi connectivity index (χ1n) is 6.53. The van der Waals surface area contributed by atoms with Crippen LogP contribution in [0.2, 0.25) is 0 Å². The largest absolute Gasteiger partial charge is 0.393 e. The standard InChI is InChI=1S/C13H27NO3/c1-5-12(6-2)14(9-10-17-4)13(16)8-7-11(3)15/h11-12,15H,5-10H2,1-4H3. The number of aliphatic hydroxyl groups is 1. The number of hydrogen-bond donors (Lipinski definition) is 1. The van der Waals surface area contributed by atoms with Crippen LogP contribution >= 0.6 is 0 Å². The minimum atomic E-state index is -0.412. The summed E-state index contributed by atoms with van der Waals surface area (Å²) >= 11 is 0. The van der Waals surface area contributed by atoms with E-state index in [9.17, 15) is 9.90 Å². The number of rotatable bonds is 9. The lowest BCUT2D eigenvalue weighted by atomic mass is 10.1. The first kappa shape index (κ1) is 16.4. The van der Waals surface area contributed by atoms with Gasteiger partial charge in [-0.3, -0.25) is 4.79 Å². The van der Waals surface area contributed by atoms with Crippen LogP contribution in [-0.4, -0.2) is 48.3 Å². The van der Waals surface area contributed by atoms with Gasteiger partial charge in [0.15, 0.2) is 0 Å². The molecule has 1 amide bonds. The van der Waals surface area contributed by atoms with Crippen LogP contribution in [0.3, 0.4) is 0 Å². The highest BCUT2D eigenvalue weighted by Crippen LogP contribution is 2.11. The van der Waals surface area contributed by atoms with Gasteiger partial charge < -0.3 is 14.7 Å². The van der Waals surface area contributed by atoms with Gasteiger partial charge in [0.25, 0.3) is 0 Å². The Kier molecular flexibility index (Phi) is 9.09. The van der Waals surface area contributed by atoms with Crippen LogP contribution in [0.4, 0.5) is 0 Å². The van der Waals surface area contributed by atoms with Gasteiger partial charge in [-0.05, 0) is 26.2 Å². The lowest BCUT2D eigenvalue weighted by Crippen LogP contribution is -2.41. The molecule has 4 heteroatoms. The van der Waals surface area contributed by atoms with E-state index >= 15 is 0 Å². The number of aliphatic hydroxyl groups excluding tert-OH is 1. The summed E-state index contributed by atoms with van der Waals surface area (Å²) in [6.45, 7) is 7.11. The number of amides is 1. The molecule has 0 fully saturated rings. The maximum atomic E-state index is 12.1. The Morgan fingerprint density at radius 1 is 1.35 bits per heavy atom. The van der Waals surface area contributed by atoms with E-state index < -0.39 is 6.10 Å². The highest BCUT2D eigenvalue weighted by molar-refractivity contribution is 5.76. The van der Waals surface area contributed by atoms with Crippen molar-refractivity contribution < 1.29 is 14.6 Å². The van der Waals surface area contributed by atoms with Gasteiger partial charge in [0.05, 0.1) is 12.7 Å². The molecule has 0 saturated heterocycles. The van der Waals surface area contributed by atoms with E-state index in [1.54, 1.807) is 14.0 Å². The fourth-order valence-corrected chi connectivity index (χ4v) is 1.91. The third-order valence-corrected chi connectivity index (χ3v) is 3.02. The van der Waals surface area contributed by atoms with Gasteiger partial charge in [0, 0.05) is 26.1 Å². The van der Waals surface area contributed by atoms with Crippen LogP contribution in [0.15, 0.2) is 0 Å². The van der Waals surface area contributed by atoms with Crippen LogP contribution in [-0.2, 0) is 9.53 Å². The zero-order valence-electron chi connectivity index (χ0n) is 11.6. The van der Waals surface area contributed by atoms with Gasteiger partial charge >= 0.3 is 0 Å². The number of carbonyl (C=O) groups excluding carboxylic acids is 1. The van der Waals surface area contributed by atoms with Crippen molar-refractivity contribution in [2.24, 2.45) is 0 Å². The summed E-state index contributed by atoms with van der Waals surface area (Å²) in [6, 6.07) is 0.284. The molecule has 0 aromatic heterocycles. The smallest absolute Gasteiger partial charge is 0.222 e. The van der Waals surface area contributed by atoms with E-state index in [0.29, 0.717) is 26.0 Å². The second-order valence-corrected chi connectivity index (χ2v) is 4.44. The maximum absolute atomic E-state index is 12.1. The number of nitrogens with zero attached hydrogens (tertiary/aromatic N) is 1. The van der Waals surface area contributed by atoms with Crippen LogP contribution in [0, 0.1) is 0 Å². The molecule has 0 bridgehead atoms. The van der Waals surface area contributed by atoms with E-state index in [-0.39, 0.29) is 11.9 Å². The molecule has 0 aromatic carbocycles. The summed E-state index contributed by atoms with van der Waals surface area (Å²) in [7, 11) is 1.64. The molecule has 1 atom stereocenters. The second kappa shape index (κ2) is 9.42. The summed E-state index contributed by atoms with van der Waals surface area (Å²) in [5.74, 6) is 0.122. The van der Waals surface area contributed by atoms with Gasteiger partial charge in [-0.1, -0.05) is 13.8 Å². The molecule has 0 saturated carbocycles. The zero-order chi connectivity index (χ0) is 13.3. The lowest BCUT2D eigenvalue weighted by Gasteiger charge is -2.30. The quantitative estimate of drug-likeness (QED) is 0.674. The van der Waals surface area contributed by atoms with Crippen LogP contribution < -0.4 is 0 Å². The lowest BCUT2D eigenvalue weighted by molar-refractivity contribution is -0.135. The third-order valence-electron chi connectivity index (χ3n) is 3.02. The van der Waals surface area contributed by atoms with Crippen molar-refractivity contribution in [2.45, 2.75) is 58.6 Å². The molecule has 0 spiro atoms. The van der Waals surface area contributed by atoms with E-state index in [2.05, 4.69) is 13.8 Å². The van der Waals surface area contributed by atoms with Gasteiger partial charge in [0.1, 0.15) is 0 Å². The van der Waals surface area contributed by atoms with Crippen molar-refractivity contribution in [3.63, 3.8) is 0 Å². The Labute approximate surface area is 105 Å². The van der Waals surface area contributed by atoms with Crippen molar-refractivity contribution in [1.29, 1.82) is 0 Å². The molecular formula is C13H27NO3. The number of hydrogen-bond acceptors (Lipinski definition) is 3. The molecule has 0 aliphatic rings. The SMILES string of the molecule is CCC(CC)N(CCOC)C(=O)CCC(C)O. The second-order valence-electron chi connectivity index (χ2n) is 4.44. The Bertz CT molecular complexity index is 203. The minimum absolute atomic E-state index is 0.122. The van der Waals surface area contributed by atoms with Gasteiger partial charge in [-0.25, -0.2) is 0 Å². The van der Waals surface area contributed by atoms with Gasteiger partial charge in [-0.15, -0.1) is 0 Å².